The van der Waals surface area contributed by atoms with Crippen LogP contribution in [0.1, 0.15) is 51.9 Å². The molecular weight excluding hydrogens is 238 g/mol. The molecule has 5 rings (SSSR count). The Morgan fingerprint density at radius 1 is 1.00 bits per heavy atom. The molecule has 18 heavy (non-hydrogen) atoms. The molecule has 4 aliphatic carbocycles. The Hall–Kier alpha value is 0.310. The first-order chi connectivity index (χ1) is 8.73. The van der Waals surface area contributed by atoms with Crippen molar-refractivity contribution in [2.75, 3.05) is 12.3 Å². The molecule has 2 atom stereocenters. The van der Waals surface area contributed by atoms with E-state index in [4.69, 9.17) is 0 Å². The van der Waals surface area contributed by atoms with Gasteiger partial charge in [-0.05, 0) is 74.7 Å². The summed E-state index contributed by atoms with van der Waals surface area (Å²) < 4.78 is 0. The summed E-state index contributed by atoms with van der Waals surface area (Å²) in [4.78, 5) is 0. The van der Waals surface area contributed by atoms with Crippen molar-refractivity contribution in [2.24, 2.45) is 23.2 Å². The molecule has 1 saturated heterocycles. The highest BCUT2D eigenvalue weighted by Gasteiger charge is 2.54. The Bertz CT molecular complexity index is 292. The molecule has 5 fully saturated rings. The van der Waals surface area contributed by atoms with E-state index < -0.39 is 0 Å². The highest BCUT2D eigenvalue weighted by Crippen LogP contribution is 2.61. The smallest absolute Gasteiger partial charge is 0.0215 e. The van der Waals surface area contributed by atoms with Crippen molar-refractivity contribution in [3.8, 4) is 0 Å². The number of hydrogen-bond acceptors (Lipinski definition) is 2. The fourth-order valence-electron chi connectivity index (χ4n) is 5.86. The van der Waals surface area contributed by atoms with Crippen LogP contribution in [0, 0.1) is 23.2 Å². The van der Waals surface area contributed by atoms with Crippen LogP contribution in [0.5, 0.6) is 0 Å². The van der Waals surface area contributed by atoms with Gasteiger partial charge in [0, 0.05) is 17.0 Å². The maximum absolute atomic E-state index is 3.95. The quantitative estimate of drug-likeness (QED) is 0.776. The van der Waals surface area contributed by atoms with E-state index in [9.17, 15) is 0 Å². The Labute approximate surface area is 116 Å². The molecule has 4 bridgehead atoms. The molecule has 0 aromatic carbocycles. The van der Waals surface area contributed by atoms with Crippen LogP contribution in [-0.2, 0) is 0 Å². The molecule has 4 saturated carbocycles. The molecule has 2 unspecified atom stereocenters. The predicted molar refractivity (Wildman–Crippen MR) is 78.9 cm³/mol. The van der Waals surface area contributed by atoms with Gasteiger partial charge in [0.15, 0.2) is 0 Å². The van der Waals surface area contributed by atoms with E-state index in [2.05, 4.69) is 24.0 Å². The predicted octanol–water partition coefficient (Wildman–Crippen LogP) is 3.69. The molecule has 1 aliphatic heterocycles. The van der Waals surface area contributed by atoms with E-state index in [1.54, 1.807) is 38.5 Å². The van der Waals surface area contributed by atoms with Crippen LogP contribution < -0.4 is 5.32 Å². The fourth-order valence-corrected chi connectivity index (χ4v) is 7.14. The van der Waals surface area contributed by atoms with Crippen LogP contribution in [-0.4, -0.2) is 23.6 Å². The van der Waals surface area contributed by atoms with E-state index in [1.165, 1.54) is 18.7 Å². The lowest BCUT2D eigenvalue weighted by Gasteiger charge is -2.59. The maximum Gasteiger partial charge on any atom is 0.0215 e. The van der Waals surface area contributed by atoms with Gasteiger partial charge < -0.3 is 5.32 Å². The molecule has 1 heterocycles. The molecular formula is C16H27NS. The van der Waals surface area contributed by atoms with E-state index in [0.717, 1.165) is 29.0 Å². The zero-order chi connectivity index (χ0) is 12.2. The lowest BCUT2D eigenvalue weighted by Crippen LogP contribution is -2.56. The van der Waals surface area contributed by atoms with Crippen molar-refractivity contribution in [3.63, 3.8) is 0 Å². The third-order valence-electron chi connectivity index (χ3n) is 6.31. The molecule has 1 N–H and O–H groups in total. The number of nitrogens with one attached hydrogen (secondary N) is 1. The van der Waals surface area contributed by atoms with Crippen molar-refractivity contribution in [3.05, 3.63) is 0 Å². The number of hydrogen-bond donors (Lipinski definition) is 1. The summed E-state index contributed by atoms with van der Waals surface area (Å²) >= 11 is 2.23. The standard InChI is InChI=1S/C16H27NS/c1-11-2-3-17-15(10-18-11)16-7-12-4-13(8-16)6-14(5-12)9-16/h11-15,17H,2-10H2,1H3. The van der Waals surface area contributed by atoms with Gasteiger partial charge in [0.25, 0.3) is 0 Å². The van der Waals surface area contributed by atoms with Crippen LogP contribution in [0.2, 0.25) is 0 Å². The van der Waals surface area contributed by atoms with Crippen LogP contribution in [0.3, 0.4) is 0 Å². The van der Waals surface area contributed by atoms with Crippen LogP contribution >= 0.6 is 11.8 Å². The first kappa shape index (κ1) is 12.1. The first-order valence-electron chi connectivity index (χ1n) is 8.08. The van der Waals surface area contributed by atoms with Gasteiger partial charge in [0.2, 0.25) is 0 Å². The van der Waals surface area contributed by atoms with Gasteiger partial charge >= 0.3 is 0 Å². The second-order valence-corrected chi connectivity index (χ2v) is 9.19. The summed E-state index contributed by atoms with van der Waals surface area (Å²) in [5, 5.41) is 4.82. The number of thioether (sulfide) groups is 1. The second-order valence-electron chi connectivity index (χ2n) is 7.72. The molecule has 0 amide bonds. The minimum Gasteiger partial charge on any atom is -0.313 e. The van der Waals surface area contributed by atoms with Gasteiger partial charge in [-0.1, -0.05) is 6.92 Å². The zero-order valence-electron chi connectivity index (χ0n) is 11.7. The average Bonchev–Trinajstić information content (AvgIpc) is 2.52. The molecule has 102 valence electrons. The van der Waals surface area contributed by atoms with Crippen molar-refractivity contribution in [1.82, 2.24) is 5.32 Å². The minimum absolute atomic E-state index is 0.714. The molecule has 2 heteroatoms. The van der Waals surface area contributed by atoms with E-state index >= 15 is 0 Å². The molecule has 0 aromatic heterocycles. The molecule has 0 aromatic rings. The van der Waals surface area contributed by atoms with Crippen LogP contribution in [0.4, 0.5) is 0 Å². The van der Waals surface area contributed by atoms with Gasteiger partial charge in [-0.2, -0.15) is 11.8 Å². The van der Waals surface area contributed by atoms with Crippen molar-refractivity contribution in [1.29, 1.82) is 0 Å². The fraction of sp³-hybridized carbons (Fsp3) is 1.00. The highest BCUT2D eigenvalue weighted by molar-refractivity contribution is 7.99. The topological polar surface area (TPSA) is 12.0 Å². The molecule has 0 spiro atoms. The lowest BCUT2D eigenvalue weighted by molar-refractivity contribution is -0.0691. The van der Waals surface area contributed by atoms with Crippen molar-refractivity contribution >= 4 is 11.8 Å². The van der Waals surface area contributed by atoms with Crippen molar-refractivity contribution in [2.45, 2.75) is 63.2 Å². The van der Waals surface area contributed by atoms with E-state index in [0.29, 0.717) is 5.41 Å². The van der Waals surface area contributed by atoms with Gasteiger partial charge in [-0.15, -0.1) is 0 Å². The molecule has 5 aliphatic rings. The third-order valence-corrected chi connectivity index (χ3v) is 7.64. The van der Waals surface area contributed by atoms with Crippen LogP contribution in [0.25, 0.3) is 0 Å². The monoisotopic (exact) mass is 265 g/mol. The lowest BCUT2D eigenvalue weighted by atomic mass is 9.48. The first-order valence-corrected chi connectivity index (χ1v) is 9.13. The summed E-state index contributed by atoms with van der Waals surface area (Å²) in [6.07, 6.45) is 10.8. The van der Waals surface area contributed by atoms with Crippen LogP contribution in [0.15, 0.2) is 0 Å². The highest BCUT2D eigenvalue weighted by atomic mass is 32.2. The summed E-state index contributed by atoms with van der Waals surface area (Å²) in [5.74, 6) is 4.68. The van der Waals surface area contributed by atoms with Crippen molar-refractivity contribution < 1.29 is 0 Å². The zero-order valence-corrected chi connectivity index (χ0v) is 12.5. The summed E-state index contributed by atoms with van der Waals surface area (Å²) in [6, 6.07) is 0.834. The summed E-state index contributed by atoms with van der Waals surface area (Å²) in [5.41, 5.74) is 0.714. The SMILES string of the molecule is CC1CCNC(C23CC4CC(CC(C4)C2)C3)CS1. The van der Waals surface area contributed by atoms with E-state index in [-0.39, 0.29) is 0 Å². The molecule has 1 nitrogen and oxygen atoms in total. The number of rotatable bonds is 1. The normalized spacial score (nSPS) is 55.5. The second kappa shape index (κ2) is 4.41. The molecule has 0 radical (unpaired) electrons. The third kappa shape index (κ3) is 1.95. The Balaban J connectivity index is 1.55. The van der Waals surface area contributed by atoms with Gasteiger partial charge in [-0.25, -0.2) is 0 Å². The minimum atomic E-state index is 0.714. The summed E-state index contributed by atoms with van der Waals surface area (Å²) in [7, 11) is 0. The Morgan fingerprint density at radius 3 is 2.22 bits per heavy atom. The Kier molecular flexibility index (Phi) is 2.96. The maximum atomic E-state index is 3.95. The summed E-state index contributed by atoms with van der Waals surface area (Å²) in [6.45, 7) is 3.68. The van der Waals surface area contributed by atoms with Gasteiger partial charge in [0.1, 0.15) is 0 Å². The van der Waals surface area contributed by atoms with Gasteiger partial charge in [-0.3, -0.25) is 0 Å². The Morgan fingerprint density at radius 2 is 1.61 bits per heavy atom. The van der Waals surface area contributed by atoms with Gasteiger partial charge in [0.05, 0.1) is 0 Å². The van der Waals surface area contributed by atoms with E-state index in [1.807, 2.05) is 0 Å². The average molecular weight is 265 g/mol. The largest absolute Gasteiger partial charge is 0.313 e.